The van der Waals surface area contributed by atoms with Crippen LogP contribution in [0.15, 0.2) is 30.3 Å². The fourth-order valence-corrected chi connectivity index (χ4v) is 3.92. The molecule has 0 radical (unpaired) electrons. The van der Waals surface area contributed by atoms with Crippen molar-refractivity contribution in [3.63, 3.8) is 0 Å². The zero-order valence-corrected chi connectivity index (χ0v) is 16.2. The quantitative estimate of drug-likeness (QED) is 0.642. The number of halogens is 1. The summed E-state index contributed by atoms with van der Waals surface area (Å²) in [5, 5.41) is 3.65. The van der Waals surface area contributed by atoms with Gasteiger partial charge in [-0.05, 0) is 38.9 Å². The predicted octanol–water partition coefficient (Wildman–Crippen LogP) is 1.96. The Kier molecular flexibility index (Phi) is 8.62. The van der Waals surface area contributed by atoms with E-state index in [9.17, 15) is 0 Å². The number of nitrogens with zero attached hydrogens (tertiary/aromatic N) is 1. The minimum Gasteiger partial charge on any atom is -0.373 e. The van der Waals surface area contributed by atoms with Crippen LogP contribution in [-0.4, -0.2) is 56.4 Å². The van der Waals surface area contributed by atoms with Crippen LogP contribution in [-0.2, 0) is 4.74 Å². The van der Waals surface area contributed by atoms with Gasteiger partial charge in [0, 0.05) is 32.1 Å². The van der Waals surface area contributed by atoms with E-state index in [1.165, 1.54) is 12.0 Å². The molecule has 0 spiro atoms. The van der Waals surface area contributed by atoms with E-state index in [1.54, 1.807) is 0 Å². The summed E-state index contributed by atoms with van der Waals surface area (Å²) < 4.78 is 5.79. The molecule has 2 aliphatic rings. The lowest BCUT2D eigenvalue weighted by molar-refractivity contribution is -0.0680. The van der Waals surface area contributed by atoms with Crippen LogP contribution in [0.4, 0.5) is 0 Å². The molecule has 25 heavy (non-hydrogen) atoms. The van der Waals surface area contributed by atoms with Gasteiger partial charge in [-0.25, -0.2) is 5.43 Å². The molecule has 142 valence electrons. The first-order chi connectivity index (χ1) is 11.7. The normalized spacial score (nSPS) is 30.2. The van der Waals surface area contributed by atoms with Crippen molar-refractivity contribution in [2.75, 3.05) is 39.3 Å². The number of hydrazine groups is 1. The average molecular weight is 369 g/mol. The standard InChI is InChI=1S/C19H32N4O.ClH/c1-15-13-23(14-16(2)24-15)10-6-9-20-11-18-12-21-22-19(18)17-7-4-3-5-8-17;/h3-5,7-8,15-16,18-22H,6,9-14H2,1-2H3;1H. The molecule has 2 aliphatic heterocycles. The predicted molar refractivity (Wildman–Crippen MR) is 105 cm³/mol. The smallest absolute Gasteiger partial charge is 0.0678 e. The molecule has 1 aromatic carbocycles. The Bertz CT molecular complexity index is 480. The van der Waals surface area contributed by atoms with E-state index in [0.29, 0.717) is 24.2 Å². The van der Waals surface area contributed by atoms with Gasteiger partial charge in [0.15, 0.2) is 0 Å². The van der Waals surface area contributed by atoms with Crippen LogP contribution < -0.4 is 16.2 Å². The van der Waals surface area contributed by atoms with Crippen molar-refractivity contribution in [2.45, 2.75) is 38.5 Å². The second kappa shape index (κ2) is 10.5. The maximum Gasteiger partial charge on any atom is 0.0678 e. The highest BCUT2D eigenvalue weighted by atomic mass is 35.5. The average Bonchev–Trinajstić information content (AvgIpc) is 3.03. The second-order valence-electron chi connectivity index (χ2n) is 7.25. The highest BCUT2D eigenvalue weighted by Crippen LogP contribution is 2.23. The topological polar surface area (TPSA) is 48.6 Å². The number of hydrogen-bond donors (Lipinski definition) is 3. The van der Waals surface area contributed by atoms with Gasteiger partial charge in [-0.1, -0.05) is 30.3 Å². The fourth-order valence-electron chi connectivity index (χ4n) is 3.92. The molecule has 2 fully saturated rings. The van der Waals surface area contributed by atoms with Crippen LogP contribution in [0.3, 0.4) is 0 Å². The van der Waals surface area contributed by atoms with Crippen molar-refractivity contribution in [1.82, 2.24) is 21.1 Å². The summed E-state index contributed by atoms with van der Waals surface area (Å²) in [5.74, 6) is 0.593. The summed E-state index contributed by atoms with van der Waals surface area (Å²) in [6.45, 7) is 10.8. The van der Waals surface area contributed by atoms with Crippen LogP contribution in [0.1, 0.15) is 31.9 Å². The number of nitrogens with one attached hydrogen (secondary N) is 3. The van der Waals surface area contributed by atoms with Crippen LogP contribution in [0, 0.1) is 5.92 Å². The Morgan fingerprint density at radius 3 is 2.60 bits per heavy atom. The van der Waals surface area contributed by atoms with Crippen LogP contribution >= 0.6 is 12.4 Å². The van der Waals surface area contributed by atoms with Gasteiger partial charge >= 0.3 is 0 Å². The third-order valence-corrected chi connectivity index (χ3v) is 4.98. The molecule has 0 saturated carbocycles. The molecule has 2 saturated heterocycles. The van der Waals surface area contributed by atoms with Crippen LogP contribution in [0.2, 0.25) is 0 Å². The van der Waals surface area contributed by atoms with Crippen LogP contribution in [0.25, 0.3) is 0 Å². The molecule has 1 aromatic rings. The summed E-state index contributed by atoms with van der Waals surface area (Å²) in [7, 11) is 0. The van der Waals surface area contributed by atoms with Gasteiger partial charge in [-0.2, -0.15) is 0 Å². The monoisotopic (exact) mass is 368 g/mol. The number of rotatable bonds is 7. The lowest BCUT2D eigenvalue weighted by Crippen LogP contribution is -2.46. The van der Waals surface area contributed by atoms with Gasteiger partial charge in [0.1, 0.15) is 0 Å². The molecular formula is C19H33ClN4O. The summed E-state index contributed by atoms with van der Waals surface area (Å²) in [5.41, 5.74) is 8.09. The Labute approximate surface area is 158 Å². The first-order valence-electron chi connectivity index (χ1n) is 9.34. The van der Waals surface area contributed by atoms with Gasteiger partial charge in [0.05, 0.1) is 18.2 Å². The molecule has 3 rings (SSSR count). The van der Waals surface area contributed by atoms with Gasteiger partial charge in [-0.15, -0.1) is 12.4 Å². The van der Waals surface area contributed by atoms with Crippen molar-refractivity contribution >= 4 is 12.4 Å². The van der Waals surface area contributed by atoms with E-state index in [1.807, 2.05) is 0 Å². The molecule has 0 aliphatic carbocycles. The number of hydrogen-bond acceptors (Lipinski definition) is 5. The Morgan fingerprint density at radius 2 is 1.88 bits per heavy atom. The molecule has 6 heteroatoms. The third kappa shape index (κ3) is 6.20. The largest absolute Gasteiger partial charge is 0.373 e. The van der Waals surface area contributed by atoms with Crippen molar-refractivity contribution in [3.8, 4) is 0 Å². The lowest BCUT2D eigenvalue weighted by atomic mass is 9.95. The van der Waals surface area contributed by atoms with Crippen molar-refractivity contribution in [3.05, 3.63) is 35.9 Å². The first kappa shape index (κ1) is 20.6. The summed E-state index contributed by atoms with van der Waals surface area (Å²) in [6, 6.07) is 11.1. The molecule has 2 heterocycles. The van der Waals surface area contributed by atoms with Crippen molar-refractivity contribution in [1.29, 1.82) is 0 Å². The van der Waals surface area contributed by atoms with E-state index in [0.717, 1.165) is 39.3 Å². The van der Waals surface area contributed by atoms with Crippen LogP contribution in [0.5, 0.6) is 0 Å². The van der Waals surface area contributed by atoms with E-state index < -0.39 is 0 Å². The van der Waals surface area contributed by atoms with E-state index >= 15 is 0 Å². The summed E-state index contributed by atoms with van der Waals surface area (Å²) in [4.78, 5) is 2.53. The molecule has 4 unspecified atom stereocenters. The number of benzene rings is 1. The maximum atomic E-state index is 5.79. The zero-order valence-electron chi connectivity index (χ0n) is 15.4. The fraction of sp³-hybridized carbons (Fsp3) is 0.684. The number of morpholine rings is 1. The van der Waals surface area contributed by atoms with Crippen molar-refractivity contribution < 1.29 is 4.74 Å². The number of ether oxygens (including phenoxy) is 1. The van der Waals surface area contributed by atoms with Gasteiger partial charge in [0.2, 0.25) is 0 Å². The minimum atomic E-state index is 0. The molecular weight excluding hydrogens is 336 g/mol. The van der Waals surface area contributed by atoms with Crippen molar-refractivity contribution in [2.24, 2.45) is 5.92 Å². The first-order valence-corrected chi connectivity index (χ1v) is 9.34. The third-order valence-electron chi connectivity index (χ3n) is 4.98. The van der Waals surface area contributed by atoms with E-state index in [-0.39, 0.29) is 12.4 Å². The highest BCUT2D eigenvalue weighted by molar-refractivity contribution is 5.85. The molecule has 0 bridgehead atoms. The summed E-state index contributed by atoms with van der Waals surface area (Å²) in [6.07, 6.45) is 1.93. The van der Waals surface area contributed by atoms with E-state index in [4.69, 9.17) is 4.74 Å². The second-order valence-corrected chi connectivity index (χ2v) is 7.25. The van der Waals surface area contributed by atoms with Gasteiger partial charge in [0.25, 0.3) is 0 Å². The highest BCUT2D eigenvalue weighted by Gasteiger charge is 2.27. The molecule has 3 N–H and O–H groups in total. The Morgan fingerprint density at radius 1 is 1.16 bits per heavy atom. The summed E-state index contributed by atoms with van der Waals surface area (Å²) >= 11 is 0. The Balaban J connectivity index is 0.00000225. The molecule has 0 aromatic heterocycles. The molecule has 5 nitrogen and oxygen atoms in total. The van der Waals surface area contributed by atoms with E-state index in [2.05, 4.69) is 65.2 Å². The maximum absolute atomic E-state index is 5.79. The molecule has 4 atom stereocenters. The lowest BCUT2D eigenvalue weighted by Gasteiger charge is -2.35. The SMILES string of the molecule is CC1CN(CCCNCC2CNNC2c2ccccc2)CC(C)O1.Cl. The Hall–Kier alpha value is -0.690. The van der Waals surface area contributed by atoms with Gasteiger partial charge < -0.3 is 10.1 Å². The zero-order chi connectivity index (χ0) is 16.8. The van der Waals surface area contributed by atoms with Gasteiger partial charge in [-0.3, -0.25) is 10.3 Å². The molecule has 0 amide bonds. The minimum absolute atomic E-state index is 0.